The van der Waals surface area contributed by atoms with E-state index in [4.69, 9.17) is 4.74 Å². The van der Waals surface area contributed by atoms with Crippen molar-refractivity contribution in [2.24, 2.45) is 5.41 Å². The smallest absolute Gasteiger partial charge is 0.237 e. The van der Waals surface area contributed by atoms with E-state index in [9.17, 15) is 15.3 Å². The normalized spacial score (nSPS) is 23.4. The number of carbonyl (C=O) groups is 1. The minimum atomic E-state index is -0.889. The molecule has 2 bridgehead atoms. The SMILES string of the molecule is COc1ccc(NC(=O)C23CCC(c4nc(C#N)c(C#N)nc42)C3(C)C)cc1. The first-order valence-corrected chi connectivity index (χ1v) is 9.07. The molecule has 140 valence electrons. The van der Waals surface area contributed by atoms with Crippen molar-refractivity contribution >= 4 is 11.6 Å². The lowest BCUT2D eigenvalue weighted by atomic mass is 9.67. The van der Waals surface area contributed by atoms with Crippen molar-refractivity contribution in [3.05, 3.63) is 47.0 Å². The highest BCUT2D eigenvalue weighted by Crippen LogP contribution is 2.67. The van der Waals surface area contributed by atoms with Gasteiger partial charge in [0, 0.05) is 11.6 Å². The fraction of sp³-hybridized carbons (Fsp3) is 0.381. The summed E-state index contributed by atoms with van der Waals surface area (Å²) >= 11 is 0. The predicted octanol–water partition coefficient (Wildman–Crippen LogP) is 3.02. The van der Waals surface area contributed by atoms with Crippen LogP contribution in [0.15, 0.2) is 24.3 Å². The van der Waals surface area contributed by atoms with E-state index in [0.717, 1.165) is 6.42 Å². The molecule has 0 saturated heterocycles. The molecule has 7 heteroatoms. The number of nitrogens with one attached hydrogen (secondary N) is 1. The van der Waals surface area contributed by atoms with E-state index < -0.39 is 10.8 Å². The average Bonchev–Trinajstić information content (AvgIpc) is 3.08. The topological polar surface area (TPSA) is 112 Å². The summed E-state index contributed by atoms with van der Waals surface area (Å²) in [7, 11) is 1.59. The van der Waals surface area contributed by atoms with E-state index in [-0.39, 0.29) is 23.2 Å². The zero-order chi connectivity index (χ0) is 20.1. The largest absolute Gasteiger partial charge is 0.497 e. The van der Waals surface area contributed by atoms with Gasteiger partial charge >= 0.3 is 0 Å². The van der Waals surface area contributed by atoms with E-state index in [2.05, 4.69) is 15.3 Å². The van der Waals surface area contributed by atoms with Gasteiger partial charge in [0.2, 0.25) is 5.91 Å². The standard InChI is InChI=1S/C21H19N5O2/c1-20(2)14-8-9-21(20,18-17(14)25-15(10-22)16(11-23)26-18)19(27)24-12-4-6-13(28-3)7-5-12/h4-7,14H,8-9H2,1-3H3,(H,24,27). The number of hydrogen-bond donors (Lipinski definition) is 1. The summed E-state index contributed by atoms with van der Waals surface area (Å²) in [4.78, 5) is 22.4. The number of methoxy groups -OCH3 is 1. The van der Waals surface area contributed by atoms with Crippen LogP contribution in [0.3, 0.4) is 0 Å². The number of nitrogens with zero attached hydrogens (tertiary/aromatic N) is 4. The van der Waals surface area contributed by atoms with Gasteiger partial charge in [-0.15, -0.1) is 0 Å². The first kappa shape index (κ1) is 17.9. The van der Waals surface area contributed by atoms with Gasteiger partial charge in [-0.25, -0.2) is 9.97 Å². The number of rotatable bonds is 3. The molecule has 1 aromatic carbocycles. The third-order valence-electron chi connectivity index (χ3n) is 6.38. The molecular weight excluding hydrogens is 354 g/mol. The number of fused-ring (bicyclic) bond motifs is 5. The number of benzene rings is 1. The Balaban J connectivity index is 1.80. The number of ether oxygens (including phenoxy) is 1. The van der Waals surface area contributed by atoms with Crippen molar-refractivity contribution in [2.75, 3.05) is 12.4 Å². The number of anilines is 1. The molecule has 2 atom stereocenters. The molecule has 0 spiro atoms. The van der Waals surface area contributed by atoms with Crippen molar-refractivity contribution in [1.82, 2.24) is 9.97 Å². The van der Waals surface area contributed by atoms with E-state index in [1.54, 1.807) is 31.4 Å². The lowest BCUT2D eigenvalue weighted by Crippen LogP contribution is -2.46. The van der Waals surface area contributed by atoms with Gasteiger partial charge in [-0.1, -0.05) is 13.8 Å². The third kappa shape index (κ3) is 2.16. The number of nitriles is 2. The Labute approximate surface area is 163 Å². The van der Waals surface area contributed by atoms with Gasteiger partial charge in [0.1, 0.15) is 17.9 Å². The molecule has 2 aliphatic rings. The highest BCUT2D eigenvalue weighted by Gasteiger charge is 2.68. The van der Waals surface area contributed by atoms with Crippen LogP contribution in [0.5, 0.6) is 5.75 Å². The maximum atomic E-state index is 13.5. The molecular formula is C21H19N5O2. The molecule has 28 heavy (non-hydrogen) atoms. The fourth-order valence-electron chi connectivity index (χ4n) is 4.83. The summed E-state index contributed by atoms with van der Waals surface area (Å²) < 4.78 is 5.16. The molecule has 1 amide bonds. The molecule has 2 aliphatic carbocycles. The second-order valence-corrected chi connectivity index (χ2v) is 7.78. The van der Waals surface area contributed by atoms with E-state index >= 15 is 0 Å². The van der Waals surface area contributed by atoms with Crippen molar-refractivity contribution in [3.63, 3.8) is 0 Å². The lowest BCUT2D eigenvalue weighted by molar-refractivity contribution is -0.124. The summed E-state index contributed by atoms with van der Waals surface area (Å²) in [6, 6.07) is 11.0. The lowest BCUT2D eigenvalue weighted by Gasteiger charge is -2.36. The maximum Gasteiger partial charge on any atom is 0.237 e. The third-order valence-corrected chi connectivity index (χ3v) is 6.38. The van der Waals surface area contributed by atoms with E-state index in [0.29, 0.717) is 29.2 Å². The first-order valence-electron chi connectivity index (χ1n) is 9.07. The van der Waals surface area contributed by atoms with Crippen LogP contribution in [0, 0.1) is 28.1 Å². The van der Waals surface area contributed by atoms with Gasteiger partial charge in [-0.3, -0.25) is 4.79 Å². The highest BCUT2D eigenvalue weighted by molar-refractivity contribution is 6.01. The number of carbonyl (C=O) groups excluding carboxylic acids is 1. The Morgan fingerprint density at radius 3 is 2.43 bits per heavy atom. The van der Waals surface area contributed by atoms with E-state index in [1.807, 2.05) is 26.0 Å². The second-order valence-electron chi connectivity index (χ2n) is 7.78. The van der Waals surface area contributed by atoms with Crippen LogP contribution in [-0.2, 0) is 10.2 Å². The number of aromatic nitrogens is 2. The van der Waals surface area contributed by atoms with Gasteiger partial charge in [0.05, 0.1) is 23.9 Å². The number of hydrogen-bond acceptors (Lipinski definition) is 6. The molecule has 1 heterocycles. The zero-order valence-corrected chi connectivity index (χ0v) is 15.9. The Kier molecular flexibility index (Phi) is 3.87. The first-order chi connectivity index (χ1) is 13.4. The zero-order valence-electron chi connectivity index (χ0n) is 15.9. The fourth-order valence-corrected chi connectivity index (χ4v) is 4.83. The highest BCUT2D eigenvalue weighted by atomic mass is 16.5. The monoisotopic (exact) mass is 373 g/mol. The second kappa shape index (κ2) is 6.03. The van der Waals surface area contributed by atoms with Gasteiger partial charge in [0.15, 0.2) is 11.4 Å². The Morgan fingerprint density at radius 1 is 1.18 bits per heavy atom. The molecule has 1 saturated carbocycles. The molecule has 2 unspecified atom stereocenters. The average molecular weight is 373 g/mol. The van der Waals surface area contributed by atoms with Gasteiger partial charge < -0.3 is 10.1 Å². The Hall–Kier alpha value is -3.45. The van der Waals surface area contributed by atoms with Crippen molar-refractivity contribution in [3.8, 4) is 17.9 Å². The summed E-state index contributed by atoms with van der Waals surface area (Å²) in [5.41, 5.74) is 0.560. The predicted molar refractivity (Wildman–Crippen MR) is 101 cm³/mol. The minimum Gasteiger partial charge on any atom is -0.497 e. The van der Waals surface area contributed by atoms with Crippen molar-refractivity contribution < 1.29 is 9.53 Å². The van der Waals surface area contributed by atoms with Crippen LogP contribution in [0.1, 0.15) is 55.4 Å². The van der Waals surface area contributed by atoms with Crippen molar-refractivity contribution in [2.45, 2.75) is 38.0 Å². The molecule has 1 fully saturated rings. The molecule has 2 aromatic rings. The quantitative estimate of drug-likeness (QED) is 0.885. The van der Waals surface area contributed by atoms with Crippen molar-refractivity contribution in [1.29, 1.82) is 10.5 Å². The molecule has 1 aromatic heterocycles. The summed E-state index contributed by atoms with van der Waals surface area (Å²) in [6.45, 7) is 4.08. The Bertz CT molecular complexity index is 1060. The summed E-state index contributed by atoms with van der Waals surface area (Å²) in [6.07, 6.45) is 1.42. The molecule has 4 rings (SSSR count). The Morgan fingerprint density at radius 2 is 1.82 bits per heavy atom. The molecule has 7 nitrogen and oxygen atoms in total. The molecule has 1 N–H and O–H groups in total. The van der Waals surface area contributed by atoms with Crippen LogP contribution in [-0.4, -0.2) is 23.0 Å². The maximum absolute atomic E-state index is 13.5. The van der Waals surface area contributed by atoms with Gasteiger partial charge in [0.25, 0.3) is 0 Å². The molecule has 0 aliphatic heterocycles. The van der Waals surface area contributed by atoms with Gasteiger partial charge in [-0.05, 0) is 42.5 Å². The van der Waals surface area contributed by atoms with E-state index in [1.165, 1.54) is 0 Å². The molecule has 0 radical (unpaired) electrons. The van der Waals surface area contributed by atoms with Crippen LogP contribution in [0.2, 0.25) is 0 Å². The van der Waals surface area contributed by atoms with Crippen LogP contribution in [0.25, 0.3) is 0 Å². The summed E-state index contributed by atoms with van der Waals surface area (Å²) in [5, 5.41) is 21.7. The summed E-state index contributed by atoms with van der Waals surface area (Å²) in [5.74, 6) is 0.570. The van der Waals surface area contributed by atoms with Crippen LogP contribution >= 0.6 is 0 Å². The van der Waals surface area contributed by atoms with Crippen LogP contribution in [0.4, 0.5) is 5.69 Å². The van der Waals surface area contributed by atoms with Crippen LogP contribution < -0.4 is 10.1 Å². The number of amides is 1. The van der Waals surface area contributed by atoms with Gasteiger partial charge in [-0.2, -0.15) is 10.5 Å². The minimum absolute atomic E-state index is 0.0234.